The number of nitrogens with zero attached hydrogens (tertiary/aromatic N) is 1. The van der Waals surface area contributed by atoms with Crippen molar-refractivity contribution >= 4 is 0 Å². The summed E-state index contributed by atoms with van der Waals surface area (Å²) in [6.07, 6.45) is 3.98. The van der Waals surface area contributed by atoms with Crippen LogP contribution in [-0.4, -0.2) is 24.5 Å². The van der Waals surface area contributed by atoms with Gasteiger partial charge in [0.25, 0.3) is 0 Å². The van der Waals surface area contributed by atoms with E-state index in [9.17, 15) is 0 Å². The summed E-state index contributed by atoms with van der Waals surface area (Å²) in [5.41, 5.74) is 6.56. The number of piperidine rings is 1. The van der Waals surface area contributed by atoms with Crippen LogP contribution in [0.2, 0.25) is 0 Å². The first-order chi connectivity index (χ1) is 4.84. The summed E-state index contributed by atoms with van der Waals surface area (Å²) in [7, 11) is 0. The van der Waals surface area contributed by atoms with E-state index < -0.39 is 0 Å². The van der Waals surface area contributed by atoms with Crippen LogP contribution in [0, 0.1) is 0 Å². The molecule has 0 atom stereocenters. The van der Waals surface area contributed by atoms with E-state index in [4.69, 9.17) is 5.73 Å². The molecule has 0 aromatic heterocycles. The molecule has 0 unspecified atom stereocenters. The Morgan fingerprint density at radius 1 is 1.30 bits per heavy atom. The Morgan fingerprint density at radius 2 is 1.90 bits per heavy atom. The van der Waals surface area contributed by atoms with Gasteiger partial charge in [-0.1, -0.05) is 6.58 Å². The predicted molar refractivity (Wildman–Crippen MR) is 43.6 cm³/mol. The van der Waals surface area contributed by atoms with Gasteiger partial charge in [0.15, 0.2) is 0 Å². The third-order valence-electron chi connectivity index (χ3n) is 2.04. The highest BCUT2D eigenvalue weighted by Gasteiger charge is 2.09. The van der Waals surface area contributed by atoms with Gasteiger partial charge in [0.1, 0.15) is 0 Å². The molecule has 0 amide bonds. The average Bonchev–Trinajstić information content (AvgIpc) is 2.05. The van der Waals surface area contributed by atoms with Crippen molar-refractivity contribution in [1.82, 2.24) is 4.90 Å². The minimum atomic E-state index is 0.611. The first-order valence-corrected chi connectivity index (χ1v) is 3.97. The molecule has 0 aromatic carbocycles. The van der Waals surface area contributed by atoms with Crippen molar-refractivity contribution in [3.63, 3.8) is 0 Å². The molecule has 10 heavy (non-hydrogen) atoms. The molecule has 2 nitrogen and oxygen atoms in total. The van der Waals surface area contributed by atoms with Crippen LogP contribution in [0.15, 0.2) is 12.3 Å². The molecule has 0 saturated carbocycles. The SMILES string of the molecule is C=C(CN)N1CCCCC1. The summed E-state index contributed by atoms with van der Waals surface area (Å²) in [5, 5.41) is 0. The van der Waals surface area contributed by atoms with Crippen molar-refractivity contribution in [3.05, 3.63) is 12.3 Å². The number of likely N-dealkylation sites (tertiary alicyclic amines) is 1. The van der Waals surface area contributed by atoms with Crippen LogP contribution in [0.3, 0.4) is 0 Å². The monoisotopic (exact) mass is 140 g/mol. The molecule has 1 fully saturated rings. The van der Waals surface area contributed by atoms with E-state index in [1.54, 1.807) is 0 Å². The normalized spacial score (nSPS) is 19.1. The zero-order valence-corrected chi connectivity index (χ0v) is 6.47. The summed E-state index contributed by atoms with van der Waals surface area (Å²) in [6, 6.07) is 0. The molecule has 0 bridgehead atoms. The van der Waals surface area contributed by atoms with E-state index in [-0.39, 0.29) is 0 Å². The zero-order chi connectivity index (χ0) is 7.40. The lowest BCUT2D eigenvalue weighted by Crippen LogP contribution is -2.31. The van der Waals surface area contributed by atoms with Gasteiger partial charge in [-0.05, 0) is 19.3 Å². The van der Waals surface area contributed by atoms with Crippen LogP contribution in [-0.2, 0) is 0 Å². The second-order valence-corrected chi connectivity index (χ2v) is 2.82. The summed E-state index contributed by atoms with van der Waals surface area (Å²) < 4.78 is 0. The van der Waals surface area contributed by atoms with Gasteiger partial charge in [-0.3, -0.25) is 0 Å². The molecule has 1 aliphatic rings. The quantitative estimate of drug-likeness (QED) is 0.618. The summed E-state index contributed by atoms with van der Waals surface area (Å²) in [5.74, 6) is 0. The highest BCUT2D eigenvalue weighted by molar-refractivity contribution is 4.95. The molecular weight excluding hydrogens is 124 g/mol. The number of hydrogen-bond acceptors (Lipinski definition) is 2. The lowest BCUT2D eigenvalue weighted by atomic mass is 10.1. The van der Waals surface area contributed by atoms with Gasteiger partial charge in [0.2, 0.25) is 0 Å². The van der Waals surface area contributed by atoms with Gasteiger partial charge in [0.05, 0.1) is 0 Å². The van der Waals surface area contributed by atoms with Crippen LogP contribution in [0.25, 0.3) is 0 Å². The highest BCUT2D eigenvalue weighted by Crippen LogP contribution is 2.11. The van der Waals surface area contributed by atoms with E-state index in [1.165, 1.54) is 19.3 Å². The Hall–Kier alpha value is -0.500. The number of rotatable bonds is 2. The van der Waals surface area contributed by atoms with E-state index in [1.807, 2.05) is 0 Å². The number of nitrogens with two attached hydrogens (primary N) is 1. The molecule has 0 aromatic rings. The Morgan fingerprint density at radius 3 is 2.40 bits per heavy atom. The Bertz CT molecular complexity index is 114. The molecule has 0 spiro atoms. The fourth-order valence-electron chi connectivity index (χ4n) is 1.34. The van der Waals surface area contributed by atoms with Crippen molar-refractivity contribution in [3.8, 4) is 0 Å². The first kappa shape index (κ1) is 7.61. The lowest BCUT2D eigenvalue weighted by molar-refractivity contribution is 0.283. The lowest BCUT2D eigenvalue weighted by Gasteiger charge is -2.29. The molecule has 0 radical (unpaired) electrons. The summed E-state index contributed by atoms with van der Waals surface area (Å²) in [6.45, 7) is 6.83. The summed E-state index contributed by atoms with van der Waals surface area (Å²) in [4.78, 5) is 2.30. The third-order valence-corrected chi connectivity index (χ3v) is 2.04. The van der Waals surface area contributed by atoms with Crippen LogP contribution in [0.1, 0.15) is 19.3 Å². The number of hydrogen-bond donors (Lipinski definition) is 1. The molecule has 2 heteroatoms. The molecular formula is C8H16N2. The van der Waals surface area contributed by atoms with Crippen molar-refractivity contribution < 1.29 is 0 Å². The van der Waals surface area contributed by atoms with E-state index >= 15 is 0 Å². The van der Waals surface area contributed by atoms with Crippen LogP contribution in [0.4, 0.5) is 0 Å². The van der Waals surface area contributed by atoms with Gasteiger partial charge in [-0.25, -0.2) is 0 Å². The van der Waals surface area contributed by atoms with Gasteiger partial charge in [0, 0.05) is 25.3 Å². The maximum atomic E-state index is 5.46. The van der Waals surface area contributed by atoms with Crippen molar-refractivity contribution in [1.29, 1.82) is 0 Å². The second kappa shape index (κ2) is 3.62. The first-order valence-electron chi connectivity index (χ1n) is 3.97. The van der Waals surface area contributed by atoms with E-state index in [0.29, 0.717) is 6.54 Å². The van der Waals surface area contributed by atoms with E-state index in [2.05, 4.69) is 11.5 Å². The predicted octanol–water partition coefficient (Wildman–Crippen LogP) is 0.945. The van der Waals surface area contributed by atoms with Crippen LogP contribution < -0.4 is 5.73 Å². The largest absolute Gasteiger partial charge is 0.374 e. The standard InChI is InChI=1S/C8H16N2/c1-8(7-9)10-5-3-2-4-6-10/h1-7,9H2. The molecule has 1 saturated heterocycles. The fraction of sp³-hybridized carbons (Fsp3) is 0.750. The Balaban J connectivity index is 2.31. The Kier molecular flexibility index (Phi) is 2.75. The molecule has 1 aliphatic heterocycles. The summed E-state index contributed by atoms with van der Waals surface area (Å²) >= 11 is 0. The maximum absolute atomic E-state index is 5.46. The van der Waals surface area contributed by atoms with Crippen LogP contribution in [0.5, 0.6) is 0 Å². The molecule has 1 heterocycles. The van der Waals surface area contributed by atoms with Gasteiger partial charge in [-0.15, -0.1) is 0 Å². The topological polar surface area (TPSA) is 29.3 Å². The molecule has 1 rings (SSSR count). The average molecular weight is 140 g/mol. The third kappa shape index (κ3) is 1.74. The van der Waals surface area contributed by atoms with Crippen LogP contribution >= 0.6 is 0 Å². The van der Waals surface area contributed by atoms with Crippen molar-refractivity contribution in [2.24, 2.45) is 5.73 Å². The smallest absolute Gasteiger partial charge is 0.0324 e. The fourth-order valence-corrected chi connectivity index (χ4v) is 1.34. The van der Waals surface area contributed by atoms with Crippen molar-refractivity contribution in [2.75, 3.05) is 19.6 Å². The molecule has 0 aliphatic carbocycles. The highest BCUT2D eigenvalue weighted by atomic mass is 15.1. The zero-order valence-electron chi connectivity index (χ0n) is 6.47. The van der Waals surface area contributed by atoms with Crippen molar-refractivity contribution in [2.45, 2.75) is 19.3 Å². The van der Waals surface area contributed by atoms with Gasteiger partial charge < -0.3 is 10.6 Å². The minimum Gasteiger partial charge on any atom is -0.374 e. The van der Waals surface area contributed by atoms with E-state index in [0.717, 1.165) is 18.8 Å². The molecule has 2 N–H and O–H groups in total. The Labute approximate surface area is 62.7 Å². The molecule has 58 valence electrons. The maximum Gasteiger partial charge on any atom is 0.0324 e. The van der Waals surface area contributed by atoms with Gasteiger partial charge in [-0.2, -0.15) is 0 Å². The van der Waals surface area contributed by atoms with Gasteiger partial charge >= 0.3 is 0 Å². The minimum absolute atomic E-state index is 0.611. The second-order valence-electron chi connectivity index (χ2n) is 2.82.